The standard InChI is InChI=1S/C23H26N2O3S/c1-17-10-11-21(27-2)19(15-17)20-16-29-23(24-20)25-22(26)9-6-13-28-14-12-18-7-4-3-5-8-18/h3-5,7-8,10-11,15-16H,6,9,12-14H2,1-2H3,(H,24,25,26). The molecule has 1 amide bonds. The van der Waals surface area contributed by atoms with Crippen LogP contribution in [0, 0.1) is 6.92 Å². The molecule has 3 aromatic rings. The summed E-state index contributed by atoms with van der Waals surface area (Å²) in [5.41, 5.74) is 4.12. The zero-order valence-corrected chi connectivity index (χ0v) is 17.6. The number of rotatable bonds is 10. The predicted molar refractivity (Wildman–Crippen MR) is 118 cm³/mol. The number of benzene rings is 2. The first-order valence-corrected chi connectivity index (χ1v) is 10.6. The third-order valence-corrected chi connectivity index (χ3v) is 5.21. The van der Waals surface area contributed by atoms with Crippen LogP contribution in [0.4, 0.5) is 5.13 Å². The SMILES string of the molecule is COc1ccc(C)cc1-c1csc(NC(=O)CCCOCCc2ccccc2)n1. The number of thiazole rings is 1. The van der Waals surface area contributed by atoms with Gasteiger partial charge in [-0.25, -0.2) is 4.98 Å². The van der Waals surface area contributed by atoms with E-state index < -0.39 is 0 Å². The predicted octanol–water partition coefficient (Wildman–Crippen LogP) is 5.11. The summed E-state index contributed by atoms with van der Waals surface area (Å²) < 4.78 is 11.1. The van der Waals surface area contributed by atoms with Gasteiger partial charge >= 0.3 is 0 Å². The van der Waals surface area contributed by atoms with Crippen LogP contribution >= 0.6 is 11.3 Å². The van der Waals surface area contributed by atoms with Crippen LogP contribution < -0.4 is 10.1 Å². The average Bonchev–Trinajstić information content (AvgIpc) is 3.19. The summed E-state index contributed by atoms with van der Waals surface area (Å²) in [6, 6.07) is 16.2. The summed E-state index contributed by atoms with van der Waals surface area (Å²) in [5, 5.41) is 5.40. The first kappa shape index (κ1) is 21.0. The molecule has 0 saturated heterocycles. The number of carbonyl (C=O) groups is 1. The first-order chi connectivity index (χ1) is 14.2. The van der Waals surface area contributed by atoms with Crippen molar-refractivity contribution in [2.75, 3.05) is 25.6 Å². The molecule has 1 N–H and O–H groups in total. The molecular weight excluding hydrogens is 384 g/mol. The van der Waals surface area contributed by atoms with E-state index in [0.29, 0.717) is 31.2 Å². The monoisotopic (exact) mass is 410 g/mol. The minimum atomic E-state index is -0.0474. The summed E-state index contributed by atoms with van der Waals surface area (Å²) in [4.78, 5) is 16.7. The number of methoxy groups -OCH3 is 1. The normalized spacial score (nSPS) is 10.7. The number of nitrogens with zero attached hydrogens (tertiary/aromatic N) is 1. The second kappa shape index (κ2) is 10.7. The van der Waals surface area contributed by atoms with Gasteiger partial charge in [-0.15, -0.1) is 11.3 Å². The van der Waals surface area contributed by atoms with E-state index in [1.54, 1.807) is 7.11 Å². The van der Waals surface area contributed by atoms with Gasteiger partial charge in [0, 0.05) is 24.0 Å². The number of aromatic nitrogens is 1. The molecule has 0 spiro atoms. The highest BCUT2D eigenvalue weighted by atomic mass is 32.1. The van der Waals surface area contributed by atoms with Crippen molar-refractivity contribution >= 4 is 22.4 Å². The maximum atomic E-state index is 12.2. The van der Waals surface area contributed by atoms with Crippen molar-refractivity contribution in [2.24, 2.45) is 0 Å². The van der Waals surface area contributed by atoms with Crippen LogP contribution in [-0.4, -0.2) is 31.2 Å². The minimum Gasteiger partial charge on any atom is -0.496 e. The molecule has 0 unspecified atom stereocenters. The van der Waals surface area contributed by atoms with E-state index in [0.717, 1.165) is 29.0 Å². The largest absolute Gasteiger partial charge is 0.496 e. The van der Waals surface area contributed by atoms with Crippen molar-refractivity contribution in [3.63, 3.8) is 0 Å². The van der Waals surface area contributed by atoms with Crippen LogP contribution in [0.3, 0.4) is 0 Å². The molecule has 0 saturated carbocycles. The van der Waals surface area contributed by atoms with Gasteiger partial charge in [0.15, 0.2) is 5.13 Å². The van der Waals surface area contributed by atoms with Gasteiger partial charge in [0.05, 0.1) is 19.4 Å². The van der Waals surface area contributed by atoms with Crippen LogP contribution in [0.25, 0.3) is 11.3 Å². The molecule has 1 aromatic heterocycles. The fourth-order valence-electron chi connectivity index (χ4n) is 2.93. The van der Waals surface area contributed by atoms with Crippen molar-refractivity contribution in [1.29, 1.82) is 0 Å². The van der Waals surface area contributed by atoms with Crippen molar-refractivity contribution < 1.29 is 14.3 Å². The fourth-order valence-corrected chi connectivity index (χ4v) is 3.66. The zero-order chi connectivity index (χ0) is 20.5. The molecule has 5 nitrogen and oxygen atoms in total. The zero-order valence-electron chi connectivity index (χ0n) is 16.8. The Morgan fingerprint density at radius 1 is 1.14 bits per heavy atom. The number of nitrogens with one attached hydrogen (secondary N) is 1. The third-order valence-electron chi connectivity index (χ3n) is 4.45. The molecule has 29 heavy (non-hydrogen) atoms. The molecule has 0 fully saturated rings. The van der Waals surface area contributed by atoms with Gasteiger partial charge in [-0.3, -0.25) is 4.79 Å². The van der Waals surface area contributed by atoms with E-state index in [2.05, 4.69) is 22.4 Å². The van der Waals surface area contributed by atoms with Crippen LogP contribution in [0.1, 0.15) is 24.0 Å². The van der Waals surface area contributed by atoms with E-state index in [9.17, 15) is 4.79 Å². The Morgan fingerprint density at radius 2 is 1.97 bits per heavy atom. The fraction of sp³-hybridized carbons (Fsp3) is 0.304. The summed E-state index contributed by atoms with van der Waals surface area (Å²) in [6.45, 7) is 3.27. The van der Waals surface area contributed by atoms with Gasteiger partial charge < -0.3 is 14.8 Å². The molecule has 6 heteroatoms. The number of amides is 1. The summed E-state index contributed by atoms with van der Waals surface area (Å²) >= 11 is 1.41. The number of anilines is 1. The van der Waals surface area contributed by atoms with E-state index >= 15 is 0 Å². The van der Waals surface area contributed by atoms with Crippen LogP contribution in [0.5, 0.6) is 5.75 Å². The maximum Gasteiger partial charge on any atom is 0.226 e. The number of hydrogen-bond donors (Lipinski definition) is 1. The highest BCUT2D eigenvalue weighted by Gasteiger charge is 2.12. The number of ether oxygens (including phenoxy) is 2. The highest BCUT2D eigenvalue weighted by molar-refractivity contribution is 7.14. The second-order valence-corrected chi connectivity index (χ2v) is 7.60. The lowest BCUT2D eigenvalue weighted by molar-refractivity contribution is -0.116. The number of carbonyl (C=O) groups excluding carboxylic acids is 1. The van der Waals surface area contributed by atoms with Crippen molar-refractivity contribution in [3.8, 4) is 17.0 Å². The van der Waals surface area contributed by atoms with Gasteiger partial charge in [-0.05, 0) is 37.5 Å². The van der Waals surface area contributed by atoms with E-state index in [1.807, 2.05) is 48.7 Å². The van der Waals surface area contributed by atoms with Gasteiger partial charge in [-0.1, -0.05) is 42.0 Å². The highest BCUT2D eigenvalue weighted by Crippen LogP contribution is 2.33. The molecule has 0 aliphatic carbocycles. The van der Waals surface area contributed by atoms with Crippen molar-refractivity contribution in [2.45, 2.75) is 26.2 Å². The minimum absolute atomic E-state index is 0.0474. The lowest BCUT2D eigenvalue weighted by atomic mass is 10.1. The third kappa shape index (κ3) is 6.41. The Morgan fingerprint density at radius 3 is 2.76 bits per heavy atom. The lowest BCUT2D eigenvalue weighted by Gasteiger charge is -2.07. The lowest BCUT2D eigenvalue weighted by Crippen LogP contribution is -2.12. The van der Waals surface area contributed by atoms with E-state index in [-0.39, 0.29) is 5.91 Å². The second-order valence-electron chi connectivity index (χ2n) is 6.74. The van der Waals surface area contributed by atoms with Crippen LogP contribution in [0.2, 0.25) is 0 Å². The molecule has 3 rings (SSSR count). The Labute approximate surface area is 175 Å². The Kier molecular flexibility index (Phi) is 7.78. The molecule has 152 valence electrons. The molecule has 0 bridgehead atoms. The summed E-state index contributed by atoms with van der Waals surface area (Å²) in [5.74, 6) is 0.722. The van der Waals surface area contributed by atoms with Crippen molar-refractivity contribution in [3.05, 3.63) is 65.0 Å². The number of aryl methyl sites for hydroxylation is 1. The molecule has 0 radical (unpaired) electrons. The van der Waals surface area contributed by atoms with Crippen LogP contribution in [-0.2, 0) is 16.0 Å². The molecular formula is C23H26N2O3S. The molecule has 1 heterocycles. The van der Waals surface area contributed by atoms with Crippen molar-refractivity contribution in [1.82, 2.24) is 4.98 Å². The van der Waals surface area contributed by atoms with Gasteiger partial charge in [0.25, 0.3) is 0 Å². The van der Waals surface area contributed by atoms with Gasteiger partial charge in [0.2, 0.25) is 5.91 Å². The number of hydrogen-bond acceptors (Lipinski definition) is 5. The Balaban J connectivity index is 1.41. The van der Waals surface area contributed by atoms with Gasteiger partial charge in [0.1, 0.15) is 5.75 Å². The van der Waals surface area contributed by atoms with Gasteiger partial charge in [-0.2, -0.15) is 0 Å². The van der Waals surface area contributed by atoms with E-state index in [4.69, 9.17) is 9.47 Å². The maximum absolute atomic E-state index is 12.2. The summed E-state index contributed by atoms with van der Waals surface area (Å²) in [7, 11) is 1.64. The quantitative estimate of drug-likeness (QED) is 0.472. The Bertz CT molecular complexity index is 925. The molecule has 0 aliphatic heterocycles. The molecule has 0 aliphatic rings. The topological polar surface area (TPSA) is 60.5 Å². The molecule has 2 aromatic carbocycles. The first-order valence-electron chi connectivity index (χ1n) is 9.68. The Hall–Kier alpha value is -2.70. The average molecular weight is 411 g/mol. The summed E-state index contributed by atoms with van der Waals surface area (Å²) in [6.07, 6.45) is 1.98. The van der Waals surface area contributed by atoms with Crippen LogP contribution in [0.15, 0.2) is 53.9 Å². The van der Waals surface area contributed by atoms with E-state index in [1.165, 1.54) is 16.9 Å². The molecule has 0 atom stereocenters. The smallest absolute Gasteiger partial charge is 0.226 e.